The number of aryl methyl sites for hydroxylation is 1. The largest absolute Gasteiger partial charge is 0.484 e. The first-order chi connectivity index (χ1) is 15.8. The van der Waals surface area contributed by atoms with Gasteiger partial charge in [0.05, 0.1) is 23.8 Å². The molecule has 0 aliphatic carbocycles. The smallest absolute Gasteiger partial charge is 0.264 e. The van der Waals surface area contributed by atoms with E-state index in [1.165, 1.54) is 15.6 Å². The van der Waals surface area contributed by atoms with Gasteiger partial charge in [-0.15, -0.1) is 11.3 Å². The predicted octanol–water partition coefficient (Wildman–Crippen LogP) is 3.81. The highest BCUT2D eigenvalue weighted by atomic mass is 35.5. The molecule has 3 aromatic rings. The number of carbonyl (C=O) groups is 1. The Morgan fingerprint density at radius 3 is 2.64 bits per heavy atom. The molecule has 33 heavy (non-hydrogen) atoms. The summed E-state index contributed by atoms with van der Waals surface area (Å²) in [5.74, 6) is 0.217. The van der Waals surface area contributed by atoms with E-state index in [0.717, 1.165) is 11.1 Å². The maximum Gasteiger partial charge on any atom is 0.264 e. The third-order valence-corrected chi connectivity index (χ3v) is 8.10. The Hall–Kier alpha value is -2.50. The minimum atomic E-state index is -3.55. The number of nitrogens with one attached hydrogen (secondary N) is 1. The van der Waals surface area contributed by atoms with Crippen LogP contribution in [-0.4, -0.2) is 56.5 Å². The summed E-state index contributed by atoms with van der Waals surface area (Å²) in [6.07, 6.45) is 0. The maximum absolute atomic E-state index is 12.8. The zero-order chi connectivity index (χ0) is 23.4. The molecule has 0 bridgehead atoms. The number of ether oxygens (including phenoxy) is 2. The number of thiazole rings is 1. The van der Waals surface area contributed by atoms with Crippen molar-refractivity contribution in [2.45, 2.75) is 11.8 Å². The Morgan fingerprint density at radius 2 is 1.94 bits per heavy atom. The molecular formula is C22H22ClN3O5S2. The van der Waals surface area contributed by atoms with Crippen molar-refractivity contribution in [2.75, 3.05) is 38.2 Å². The van der Waals surface area contributed by atoms with E-state index in [4.69, 9.17) is 21.1 Å². The zero-order valence-electron chi connectivity index (χ0n) is 17.8. The number of benzene rings is 2. The van der Waals surface area contributed by atoms with Crippen molar-refractivity contribution in [3.8, 4) is 17.0 Å². The summed E-state index contributed by atoms with van der Waals surface area (Å²) < 4.78 is 37.7. The number of aromatic nitrogens is 1. The van der Waals surface area contributed by atoms with E-state index in [-0.39, 0.29) is 17.4 Å². The fourth-order valence-corrected chi connectivity index (χ4v) is 5.47. The summed E-state index contributed by atoms with van der Waals surface area (Å²) in [7, 11) is -3.55. The number of hydrogen-bond donors (Lipinski definition) is 1. The SMILES string of the molecule is Cc1cc(OCC(=O)Nc2nc(-c3ccc(S(=O)(=O)N4CCOCC4)cc3)cs2)ccc1Cl. The van der Waals surface area contributed by atoms with Gasteiger partial charge in [-0.2, -0.15) is 4.31 Å². The predicted molar refractivity (Wildman–Crippen MR) is 127 cm³/mol. The molecule has 2 heterocycles. The first kappa shape index (κ1) is 23.7. The molecule has 1 N–H and O–H groups in total. The molecule has 1 fully saturated rings. The number of morpholine rings is 1. The highest BCUT2D eigenvalue weighted by Gasteiger charge is 2.26. The van der Waals surface area contributed by atoms with Crippen LogP contribution in [0.3, 0.4) is 0 Å². The van der Waals surface area contributed by atoms with Crippen molar-refractivity contribution >= 4 is 44.0 Å². The van der Waals surface area contributed by atoms with Crippen LogP contribution in [0, 0.1) is 6.92 Å². The van der Waals surface area contributed by atoms with Gasteiger partial charge in [0.1, 0.15) is 5.75 Å². The van der Waals surface area contributed by atoms with E-state index in [2.05, 4.69) is 10.3 Å². The molecule has 2 aromatic carbocycles. The Balaban J connectivity index is 1.36. The van der Waals surface area contributed by atoms with Crippen molar-refractivity contribution in [1.29, 1.82) is 0 Å². The van der Waals surface area contributed by atoms with Crippen LogP contribution in [0.25, 0.3) is 11.3 Å². The summed E-state index contributed by atoms with van der Waals surface area (Å²) in [5.41, 5.74) is 2.25. The van der Waals surface area contributed by atoms with Gasteiger partial charge >= 0.3 is 0 Å². The minimum absolute atomic E-state index is 0.163. The van der Waals surface area contributed by atoms with Crippen molar-refractivity contribution in [3.05, 3.63) is 58.4 Å². The summed E-state index contributed by atoms with van der Waals surface area (Å²) in [5, 5.41) is 5.57. The van der Waals surface area contributed by atoms with E-state index in [0.29, 0.717) is 47.9 Å². The molecule has 8 nitrogen and oxygen atoms in total. The summed E-state index contributed by atoms with van der Waals surface area (Å²) in [6, 6.07) is 11.7. The van der Waals surface area contributed by atoms with Crippen LogP contribution in [-0.2, 0) is 19.6 Å². The second kappa shape index (κ2) is 10.2. The molecular weight excluding hydrogens is 486 g/mol. The average Bonchev–Trinajstić information content (AvgIpc) is 3.29. The van der Waals surface area contributed by atoms with E-state index in [9.17, 15) is 13.2 Å². The Labute approximate surface area is 201 Å². The van der Waals surface area contributed by atoms with E-state index >= 15 is 0 Å². The maximum atomic E-state index is 12.8. The number of sulfonamides is 1. The summed E-state index contributed by atoms with van der Waals surface area (Å²) in [6.45, 7) is 3.19. The van der Waals surface area contributed by atoms with Gasteiger partial charge in [0.25, 0.3) is 5.91 Å². The highest BCUT2D eigenvalue weighted by Crippen LogP contribution is 2.27. The van der Waals surface area contributed by atoms with Gasteiger partial charge in [-0.3, -0.25) is 10.1 Å². The molecule has 11 heteroatoms. The molecule has 0 radical (unpaired) electrons. The van der Waals surface area contributed by atoms with Gasteiger partial charge in [-0.25, -0.2) is 13.4 Å². The monoisotopic (exact) mass is 507 g/mol. The van der Waals surface area contributed by atoms with Crippen LogP contribution < -0.4 is 10.1 Å². The van der Waals surface area contributed by atoms with E-state index in [1.807, 2.05) is 6.92 Å². The first-order valence-electron chi connectivity index (χ1n) is 10.2. The summed E-state index contributed by atoms with van der Waals surface area (Å²) in [4.78, 5) is 16.9. The molecule has 0 unspecified atom stereocenters. The molecule has 1 aliphatic heterocycles. The second-order valence-electron chi connectivity index (χ2n) is 7.33. The Kier molecular flexibility index (Phi) is 7.30. The molecule has 0 saturated carbocycles. The average molecular weight is 508 g/mol. The van der Waals surface area contributed by atoms with Crippen molar-refractivity contribution in [3.63, 3.8) is 0 Å². The van der Waals surface area contributed by atoms with Gasteiger partial charge < -0.3 is 9.47 Å². The number of carbonyl (C=O) groups excluding carboxylic acids is 1. The third kappa shape index (κ3) is 5.71. The van der Waals surface area contributed by atoms with E-state index < -0.39 is 10.0 Å². The minimum Gasteiger partial charge on any atom is -0.484 e. The molecule has 0 atom stereocenters. The van der Waals surface area contributed by atoms with Gasteiger partial charge in [0, 0.05) is 29.1 Å². The molecule has 4 rings (SSSR count). The number of hydrogen-bond acceptors (Lipinski definition) is 7. The fourth-order valence-electron chi connectivity index (χ4n) is 3.21. The van der Waals surface area contributed by atoms with Crippen LogP contribution in [0.4, 0.5) is 5.13 Å². The summed E-state index contributed by atoms with van der Waals surface area (Å²) >= 11 is 7.27. The number of amides is 1. The Bertz CT molecular complexity index is 1240. The van der Waals surface area contributed by atoms with Crippen LogP contribution in [0.1, 0.15) is 5.56 Å². The highest BCUT2D eigenvalue weighted by molar-refractivity contribution is 7.89. The second-order valence-corrected chi connectivity index (χ2v) is 10.5. The normalized spacial score (nSPS) is 14.7. The van der Waals surface area contributed by atoms with Crippen LogP contribution >= 0.6 is 22.9 Å². The van der Waals surface area contributed by atoms with E-state index in [1.54, 1.807) is 47.8 Å². The quantitative estimate of drug-likeness (QED) is 0.522. The van der Waals surface area contributed by atoms with Crippen molar-refractivity contribution < 1.29 is 22.7 Å². The molecule has 174 valence electrons. The zero-order valence-corrected chi connectivity index (χ0v) is 20.2. The lowest BCUT2D eigenvalue weighted by Gasteiger charge is -2.26. The van der Waals surface area contributed by atoms with Crippen molar-refractivity contribution in [2.24, 2.45) is 0 Å². The molecule has 1 aromatic heterocycles. The topological polar surface area (TPSA) is 97.8 Å². The first-order valence-corrected chi connectivity index (χ1v) is 12.9. The number of rotatable bonds is 7. The van der Waals surface area contributed by atoms with Crippen molar-refractivity contribution in [1.82, 2.24) is 9.29 Å². The Morgan fingerprint density at radius 1 is 1.21 bits per heavy atom. The standard InChI is InChI=1S/C22H22ClN3O5S2/c1-15-12-17(4-7-19(15)23)31-13-21(27)25-22-24-20(14-32-22)16-2-5-18(6-3-16)33(28,29)26-8-10-30-11-9-26/h2-7,12,14H,8-11,13H2,1H3,(H,24,25,27). The van der Waals surface area contributed by atoms with Gasteiger partial charge in [-0.05, 0) is 42.8 Å². The van der Waals surface area contributed by atoms with Gasteiger partial charge in [0.2, 0.25) is 10.0 Å². The van der Waals surface area contributed by atoms with Gasteiger partial charge in [0.15, 0.2) is 11.7 Å². The van der Waals surface area contributed by atoms with Gasteiger partial charge in [-0.1, -0.05) is 23.7 Å². The number of nitrogens with zero attached hydrogens (tertiary/aromatic N) is 2. The van der Waals surface area contributed by atoms with Crippen LogP contribution in [0.15, 0.2) is 52.7 Å². The molecule has 0 spiro atoms. The molecule has 1 saturated heterocycles. The number of anilines is 1. The lowest BCUT2D eigenvalue weighted by Crippen LogP contribution is -2.40. The van der Waals surface area contributed by atoms with Crippen LogP contribution in [0.5, 0.6) is 5.75 Å². The number of halogens is 1. The molecule has 1 amide bonds. The third-order valence-electron chi connectivity index (χ3n) is 5.01. The molecule has 1 aliphatic rings. The van der Waals surface area contributed by atoms with Crippen LogP contribution in [0.2, 0.25) is 5.02 Å². The lowest BCUT2D eigenvalue weighted by molar-refractivity contribution is -0.118. The fraction of sp³-hybridized carbons (Fsp3) is 0.273. The lowest BCUT2D eigenvalue weighted by atomic mass is 10.2.